The van der Waals surface area contributed by atoms with E-state index in [-0.39, 0.29) is 12.0 Å². The summed E-state index contributed by atoms with van der Waals surface area (Å²) in [6, 6.07) is 10.1. The van der Waals surface area contributed by atoms with Crippen molar-refractivity contribution < 1.29 is 5.11 Å². The fourth-order valence-corrected chi connectivity index (χ4v) is 2.02. The number of unbranched alkanes of at least 4 members (excludes halogenated alkanes) is 2. The molecule has 90 valence electrons. The first-order valence-electron chi connectivity index (χ1n) is 6.22. The van der Waals surface area contributed by atoms with Gasteiger partial charge in [-0.15, -0.1) is 0 Å². The van der Waals surface area contributed by atoms with Crippen LogP contribution < -0.4 is 5.73 Å². The Hall–Kier alpha value is -0.860. The number of nitrogens with two attached hydrogens (primary N) is 1. The molecule has 1 aromatic rings. The summed E-state index contributed by atoms with van der Waals surface area (Å²) in [5.74, 6) is 0.0815. The van der Waals surface area contributed by atoms with Crippen molar-refractivity contribution in [3.63, 3.8) is 0 Å². The predicted octanol–water partition coefficient (Wildman–Crippen LogP) is 2.67. The van der Waals surface area contributed by atoms with E-state index in [1.165, 1.54) is 12.8 Å². The Morgan fingerprint density at radius 3 is 2.44 bits per heavy atom. The van der Waals surface area contributed by atoms with Crippen LogP contribution in [0.4, 0.5) is 0 Å². The number of hydrogen-bond donors (Lipinski definition) is 2. The van der Waals surface area contributed by atoms with Crippen molar-refractivity contribution in [2.45, 2.75) is 44.6 Å². The van der Waals surface area contributed by atoms with Crippen molar-refractivity contribution in [1.29, 1.82) is 0 Å². The highest BCUT2D eigenvalue weighted by Gasteiger charge is 2.18. The van der Waals surface area contributed by atoms with Crippen molar-refractivity contribution >= 4 is 0 Å². The maximum absolute atomic E-state index is 10.1. The third kappa shape index (κ3) is 3.95. The molecule has 0 amide bonds. The standard InChI is InChI=1S/C14H23NO/c1-2-3-5-10-14(16)13(11-15)12-8-6-4-7-9-12/h4,6-9,13-14,16H,2-3,5,10-11,15H2,1H3. The zero-order chi connectivity index (χ0) is 11.8. The molecule has 0 saturated heterocycles. The number of aliphatic hydroxyl groups is 1. The van der Waals surface area contributed by atoms with Crippen LogP contribution in [-0.2, 0) is 0 Å². The van der Waals surface area contributed by atoms with Crippen LogP contribution in [0, 0.1) is 0 Å². The molecule has 2 nitrogen and oxygen atoms in total. The van der Waals surface area contributed by atoms with Crippen molar-refractivity contribution in [2.24, 2.45) is 5.73 Å². The average Bonchev–Trinajstić information content (AvgIpc) is 2.32. The summed E-state index contributed by atoms with van der Waals surface area (Å²) in [5.41, 5.74) is 6.90. The molecule has 3 N–H and O–H groups in total. The molecule has 0 bridgehead atoms. The molecule has 2 atom stereocenters. The molecule has 0 aliphatic heterocycles. The maximum Gasteiger partial charge on any atom is 0.0620 e. The van der Waals surface area contributed by atoms with Crippen LogP contribution in [0.15, 0.2) is 30.3 Å². The monoisotopic (exact) mass is 221 g/mol. The first-order valence-corrected chi connectivity index (χ1v) is 6.22. The van der Waals surface area contributed by atoms with E-state index in [4.69, 9.17) is 5.73 Å². The molecular weight excluding hydrogens is 198 g/mol. The normalized spacial score (nSPS) is 14.7. The van der Waals surface area contributed by atoms with Crippen molar-refractivity contribution in [1.82, 2.24) is 0 Å². The Labute approximate surface area is 98.5 Å². The molecule has 1 aromatic carbocycles. The predicted molar refractivity (Wildman–Crippen MR) is 68.4 cm³/mol. The fourth-order valence-electron chi connectivity index (χ4n) is 2.02. The number of hydrogen-bond acceptors (Lipinski definition) is 2. The van der Waals surface area contributed by atoms with E-state index in [0.717, 1.165) is 18.4 Å². The van der Waals surface area contributed by atoms with Crippen LogP contribution in [0.2, 0.25) is 0 Å². The van der Waals surface area contributed by atoms with Gasteiger partial charge in [0.05, 0.1) is 6.10 Å². The van der Waals surface area contributed by atoms with E-state index in [0.29, 0.717) is 6.54 Å². The molecular formula is C14H23NO. The van der Waals surface area contributed by atoms with Gasteiger partial charge in [0.1, 0.15) is 0 Å². The molecule has 0 spiro atoms. The number of aliphatic hydroxyl groups excluding tert-OH is 1. The molecule has 0 heterocycles. The van der Waals surface area contributed by atoms with E-state index in [1.54, 1.807) is 0 Å². The van der Waals surface area contributed by atoms with Gasteiger partial charge >= 0.3 is 0 Å². The highest BCUT2D eigenvalue weighted by Crippen LogP contribution is 2.22. The van der Waals surface area contributed by atoms with Crippen LogP contribution in [-0.4, -0.2) is 17.8 Å². The van der Waals surface area contributed by atoms with Crippen LogP contribution >= 0.6 is 0 Å². The lowest BCUT2D eigenvalue weighted by Crippen LogP contribution is -2.25. The summed E-state index contributed by atoms with van der Waals surface area (Å²) in [6.45, 7) is 2.68. The second kappa shape index (κ2) is 7.42. The van der Waals surface area contributed by atoms with Gasteiger partial charge in [-0.05, 0) is 12.0 Å². The van der Waals surface area contributed by atoms with Gasteiger partial charge in [-0.3, -0.25) is 0 Å². The van der Waals surface area contributed by atoms with Gasteiger partial charge in [0.15, 0.2) is 0 Å². The third-order valence-corrected chi connectivity index (χ3v) is 3.05. The van der Waals surface area contributed by atoms with Gasteiger partial charge in [-0.1, -0.05) is 56.5 Å². The molecule has 0 aromatic heterocycles. The molecule has 0 fully saturated rings. The topological polar surface area (TPSA) is 46.2 Å². The molecule has 2 unspecified atom stereocenters. The molecule has 2 heteroatoms. The van der Waals surface area contributed by atoms with Gasteiger partial charge in [0.25, 0.3) is 0 Å². The SMILES string of the molecule is CCCCCC(O)C(CN)c1ccccc1. The molecule has 16 heavy (non-hydrogen) atoms. The minimum absolute atomic E-state index is 0.0815. The van der Waals surface area contributed by atoms with Crippen LogP contribution in [0.3, 0.4) is 0 Å². The van der Waals surface area contributed by atoms with E-state index in [9.17, 15) is 5.11 Å². The maximum atomic E-state index is 10.1. The highest BCUT2D eigenvalue weighted by atomic mass is 16.3. The second-order valence-corrected chi connectivity index (χ2v) is 4.32. The summed E-state index contributed by atoms with van der Waals surface area (Å²) < 4.78 is 0. The Balaban J connectivity index is 2.53. The smallest absolute Gasteiger partial charge is 0.0620 e. The minimum Gasteiger partial charge on any atom is -0.392 e. The first-order chi connectivity index (χ1) is 7.79. The van der Waals surface area contributed by atoms with Gasteiger partial charge in [-0.25, -0.2) is 0 Å². The zero-order valence-corrected chi connectivity index (χ0v) is 10.1. The molecule has 0 radical (unpaired) electrons. The summed E-state index contributed by atoms with van der Waals surface area (Å²) in [5, 5.41) is 10.1. The molecule has 0 saturated carbocycles. The lowest BCUT2D eigenvalue weighted by Gasteiger charge is -2.21. The lowest BCUT2D eigenvalue weighted by molar-refractivity contribution is 0.132. The highest BCUT2D eigenvalue weighted by molar-refractivity contribution is 5.21. The Morgan fingerprint density at radius 1 is 1.19 bits per heavy atom. The number of rotatable bonds is 7. The minimum atomic E-state index is -0.307. The van der Waals surface area contributed by atoms with E-state index >= 15 is 0 Å². The van der Waals surface area contributed by atoms with E-state index < -0.39 is 0 Å². The number of benzene rings is 1. The van der Waals surface area contributed by atoms with Gasteiger partial charge in [-0.2, -0.15) is 0 Å². The van der Waals surface area contributed by atoms with Crippen LogP contribution in [0.25, 0.3) is 0 Å². The zero-order valence-electron chi connectivity index (χ0n) is 10.1. The van der Waals surface area contributed by atoms with Crippen molar-refractivity contribution in [2.75, 3.05) is 6.54 Å². The summed E-state index contributed by atoms with van der Waals surface area (Å²) in [7, 11) is 0. The largest absolute Gasteiger partial charge is 0.392 e. The van der Waals surface area contributed by atoms with Gasteiger partial charge in [0.2, 0.25) is 0 Å². The van der Waals surface area contributed by atoms with Crippen molar-refractivity contribution in [3.8, 4) is 0 Å². The Kier molecular flexibility index (Phi) is 6.12. The summed E-state index contributed by atoms with van der Waals surface area (Å²) in [6.07, 6.45) is 4.00. The van der Waals surface area contributed by atoms with E-state index in [1.807, 2.05) is 30.3 Å². The van der Waals surface area contributed by atoms with Crippen LogP contribution in [0.5, 0.6) is 0 Å². The second-order valence-electron chi connectivity index (χ2n) is 4.32. The van der Waals surface area contributed by atoms with E-state index in [2.05, 4.69) is 6.92 Å². The van der Waals surface area contributed by atoms with Crippen molar-refractivity contribution in [3.05, 3.63) is 35.9 Å². The van der Waals surface area contributed by atoms with Gasteiger partial charge < -0.3 is 10.8 Å². The summed E-state index contributed by atoms with van der Waals surface area (Å²) >= 11 is 0. The Morgan fingerprint density at radius 2 is 1.88 bits per heavy atom. The fraction of sp³-hybridized carbons (Fsp3) is 0.571. The summed E-state index contributed by atoms with van der Waals surface area (Å²) in [4.78, 5) is 0. The Bertz CT molecular complexity index is 273. The molecule has 0 aliphatic carbocycles. The quantitative estimate of drug-likeness (QED) is 0.695. The van der Waals surface area contributed by atoms with Crippen LogP contribution in [0.1, 0.15) is 44.1 Å². The third-order valence-electron chi connectivity index (χ3n) is 3.05. The molecule has 0 aliphatic rings. The first kappa shape index (κ1) is 13.2. The average molecular weight is 221 g/mol. The molecule has 1 rings (SSSR count). The van der Waals surface area contributed by atoms with Gasteiger partial charge in [0, 0.05) is 12.5 Å². The lowest BCUT2D eigenvalue weighted by atomic mass is 9.90.